The van der Waals surface area contributed by atoms with Gasteiger partial charge in [0.25, 0.3) is 0 Å². The third-order valence-electron chi connectivity index (χ3n) is 11.9. The number of Topliss-reactive ketones (excluding diaryl/α,β-unsaturated/α-hetero) is 1. The highest BCUT2D eigenvalue weighted by molar-refractivity contribution is 5.93. The Hall–Kier alpha value is -1.28. The number of aliphatic hydroxyl groups excluding tert-OH is 1. The van der Waals surface area contributed by atoms with E-state index in [1.165, 1.54) is 0 Å². The van der Waals surface area contributed by atoms with Crippen LogP contribution in [-0.4, -0.2) is 61.3 Å². The average molecular weight is 517 g/mol. The van der Waals surface area contributed by atoms with E-state index in [9.17, 15) is 14.7 Å². The third-order valence-corrected chi connectivity index (χ3v) is 11.9. The molecule has 0 amide bonds. The van der Waals surface area contributed by atoms with Crippen molar-refractivity contribution in [3.05, 3.63) is 11.6 Å². The van der Waals surface area contributed by atoms with Crippen molar-refractivity contribution in [2.24, 2.45) is 34.0 Å². The number of rotatable bonds is 4. The van der Waals surface area contributed by atoms with Crippen molar-refractivity contribution in [2.45, 2.75) is 116 Å². The summed E-state index contributed by atoms with van der Waals surface area (Å²) in [7, 11) is 1.63. The summed E-state index contributed by atoms with van der Waals surface area (Å²) in [5, 5.41) is 10.3. The summed E-state index contributed by atoms with van der Waals surface area (Å²) in [6.45, 7) is 6.87. The number of methoxy groups -OCH3 is 1. The van der Waals surface area contributed by atoms with Gasteiger partial charge in [-0.2, -0.15) is 0 Å². The zero-order valence-electron chi connectivity index (χ0n) is 22.9. The first-order valence-electron chi connectivity index (χ1n) is 14.5. The van der Waals surface area contributed by atoms with Gasteiger partial charge in [0, 0.05) is 30.4 Å². The maximum absolute atomic E-state index is 14.4. The molecule has 7 nitrogen and oxygen atoms in total. The quantitative estimate of drug-likeness (QED) is 0.439. The Balaban J connectivity index is 1.16. The number of ketones is 1. The van der Waals surface area contributed by atoms with E-state index in [4.69, 9.17) is 18.9 Å². The summed E-state index contributed by atoms with van der Waals surface area (Å²) in [6, 6.07) is 0. The molecule has 1 spiro atoms. The molecule has 1 N–H and O–H groups in total. The first-order chi connectivity index (χ1) is 17.6. The second-order valence-corrected chi connectivity index (χ2v) is 13.5. The predicted molar refractivity (Wildman–Crippen MR) is 135 cm³/mol. The summed E-state index contributed by atoms with van der Waals surface area (Å²) < 4.78 is 23.2. The minimum absolute atomic E-state index is 0.139. The van der Waals surface area contributed by atoms with Crippen molar-refractivity contribution in [3.63, 3.8) is 0 Å². The maximum Gasteiger partial charge on any atom is 0.331 e. The molecule has 206 valence electrons. The zero-order valence-corrected chi connectivity index (χ0v) is 22.9. The number of ether oxygens (including phenoxy) is 4. The van der Waals surface area contributed by atoms with E-state index in [0.29, 0.717) is 30.6 Å². The number of aliphatic hydroxyl groups is 1. The van der Waals surface area contributed by atoms with Crippen molar-refractivity contribution in [1.29, 1.82) is 0 Å². The number of hydrogen-bond donors (Lipinski definition) is 1. The number of carbonyl (C=O) groups excluding carboxylic acids is 2. The fourth-order valence-electron chi connectivity index (χ4n) is 9.85. The number of cyclic esters (lactones) is 1. The van der Waals surface area contributed by atoms with Crippen molar-refractivity contribution < 1.29 is 33.6 Å². The van der Waals surface area contributed by atoms with Crippen LogP contribution in [0.4, 0.5) is 0 Å². The topological polar surface area (TPSA) is 91.3 Å². The standard InChI is InChI=1S/C30H44O7/c1-17-26(32)22(34-4)15-25(36-17)37-20-6-9-28(2)19(14-20)5-11-30-12-7-21(18-13-24(31)35-16-18)29(3,27(30)33)10-8-23(28)30/h13,17,19-23,25-26,32H,5-12,14-16H2,1-4H3/t17-,19-,20+,21-,22-,23-,25+,26+,28+,29-,30-/m1/s1. The van der Waals surface area contributed by atoms with E-state index in [2.05, 4.69) is 13.8 Å². The molecule has 4 aliphatic carbocycles. The second-order valence-electron chi connectivity index (χ2n) is 13.5. The molecule has 0 unspecified atom stereocenters. The minimum atomic E-state index is -0.628. The summed E-state index contributed by atoms with van der Waals surface area (Å²) in [5.74, 6) is 1.33. The Kier molecular flexibility index (Phi) is 6.42. The van der Waals surface area contributed by atoms with Gasteiger partial charge < -0.3 is 24.1 Å². The van der Waals surface area contributed by atoms with Gasteiger partial charge in [0.05, 0.1) is 18.3 Å². The van der Waals surface area contributed by atoms with E-state index < -0.39 is 6.10 Å². The lowest BCUT2D eigenvalue weighted by Gasteiger charge is -2.66. The van der Waals surface area contributed by atoms with E-state index >= 15 is 0 Å². The first kappa shape index (κ1) is 26.0. The van der Waals surface area contributed by atoms with Gasteiger partial charge in [-0.3, -0.25) is 4.79 Å². The molecule has 6 rings (SSSR count). The molecule has 0 aromatic carbocycles. The highest BCUT2D eigenvalue weighted by Gasteiger charge is 2.67. The molecule has 0 aromatic rings. The van der Waals surface area contributed by atoms with E-state index in [1.807, 2.05) is 6.92 Å². The van der Waals surface area contributed by atoms with Gasteiger partial charge in [0.2, 0.25) is 0 Å². The van der Waals surface area contributed by atoms with Crippen LogP contribution in [0.2, 0.25) is 0 Å². The van der Waals surface area contributed by atoms with E-state index in [-0.39, 0.29) is 52.7 Å². The molecule has 11 atom stereocenters. The Morgan fingerprint density at radius 2 is 1.81 bits per heavy atom. The number of fused-ring (bicyclic) bond motifs is 3. The van der Waals surface area contributed by atoms with Crippen molar-refractivity contribution in [1.82, 2.24) is 0 Å². The number of esters is 1. The van der Waals surface area contributed by atoms with Gasteiger partial charge in [0.1, 0.15) is 18.5 Å². The summed E-state index contributed by atoms with van der Waals surface area (Å²) in [4.78, 5) is 26.1. The van der Waals surface area contributed by atoms with Gasteiger partial charge in [-0.15, -0.1) is 0 Å². The molecule has 1 saturated heterocycles. The fourth-order valence-corrected chi connectivity index (χ4v) is 9.85. The monoisotopic (exact) mass is 516 g/mol. The predicted octanol–water partition coefficient (Wildman–Crippen LogP) is 4.35. The molecule has 37 heavy (non-hydrogen) atoms. The molecule has 0 radical (unpaired) electrons. The Bertz CT molecular complexity index is 977. The van der Waals surface area contributed by atoms with Crippen LogP contribution in [0.3, 0.4) is 0 Å². The Labute approximate surface area is 220 Å². The van der Waals surface area contributed by atoms with Gasteiger partial charge in [-0.05, 0) is 93.5 Å². The minimum Gasteiger partial charge on any atom is -0.458 e. The molecular formula is C30H44O7. The van der Waals surface area contributed by atoms with E-state index in [0.717, 1.165) is 63.4 Å². The lowest BCUT2D eigenvalue weighted by molar-refractivity contribution is -0.272. The molecule has 0 aromatic heterocycles. The zero-order chi connectivity index (χ0) is 26.2. The van der Waals surface area contributed by atoms with Gasteiger partial charge in [-0.25, -0.2) is 4.79 Å². The van der Waals surface area contributed by atoms with Crippen LogP contribution in [0.25, 0.3) is 0 Å². The smallest absolute Gasteiger partial charge is 0.331 e. The number of hydrogen-bond acceptors (Lipinski definition) is 7. The van der Waals surface area contributed by atoms with Gasteiger partial charge in [0.15, 0.2) is 6.29 Å². The maximum atomic E-state index is 14.4. The van der Waals surface area contributed by atoms with Crippen LogP contribution in [0.15, 0.2) is 11.6 Å². The molecular weight excluding hydrogens is 472 g/mol. The fraction of sp³-hybridized carbons (Fsp3) is 0.867. The Morgan fingerprint density at radius 1 is 1.03 bits per heavy atom. The van der Waals surface area contributed by atoms with Crippen LogP contribution < -0.4 is 0 Å². The molecule has 2 heterocycles. The largest absolute Gasteiger partial charge is 0.458 e. The molecule has 2 aliphatic heterocycles. The highest BCUT2D eigenvalue weighted by atomic mass is 16.7. The average Bonchev–Trinajstić information content (AvgIpc) is 3.29. The first-order valence-corrected chi connectivity index (χ1v) is 14.5. The van der Waals surface area contributed by atoms with Crippen LogP contribution in [0, 0.1) is 34.0 Å². The lowest BCUT2D eigenvalue weighted by atomic mass is 9.37. The number of carbonyl (C=O) groups is 2. The molecule has 5 fully saturated rings. The SMILES string of the molecule is CO[C@@H]1C[C@H](O[C@H]2CC[C@@]3(C)[C@H](CC[C@@]45CC[C@H](C6=CC(=O)OC6)[C@@](C)(CC[C@@H]43)C5=O)C2)O[C@H](C)[C@@H]1O. The van der Waals surface area contributed by atoms with Gasteiger partial charge in [-0.1, -0.05) is 13.8 Å². The van der Waals surface area contributed by atoms with Crippen LogP contribution in [0.5, 0.6) is 0 Å². The molecule has 4 saturated carbocycles. The van der Waals surface area contributed by atoms with Crippen LogP contribution in [0.1, 0.15) is 85.0 Å². The Morgan fingerprint density at radius 3 is 2.54 bits per heavy atom. The van der Waals surface area contributed by atoms with Crippen LogP contribution >= 0.6 is 0 Å². The summed E-state index contributed by atoms with van der Waals surface area (Å²) >= 11 is 0. The molecule has 7 heteroatoms. The van der Waals surface area contributed by atoms with E-state index in [1.54, 1.807) is 13.2 Å². The molecule has 6 aliphatic rings. The van der Waals surface area contributed by atoms with Crippen molar-refractivity contribution in [3.8, 4) is 0 Å². The van der Waals surface area contributed by atoms with Crippen molar-refractivity contribution >= 4 is 11.8 Å². The normalized spacial score (nSPS) is 51.6. The summed E-state index contributed by atoms with van der Waals surface area (Å²) in [5.41, 5.74) is 0.597. The van der Waals surface area contributed by atoms with Crippen LogP contribution in [-0.2, 0) is 28.5 Å². The van der Waals surface area contributed by atoms with Crippen molar-refractivity contribution in [2.75, 3.05) is 13.7 Å². The molecule has 2 bridgehead atoms. The third kappa shape index (κ3) is 3.89. The summed E-state index contributed by atoms with van der Waals surface area (Å²) in [6.07, 6.45) is 9.85. The highest BCUT2D eigenvalue weighted by Crippen LogP contribution is 2.70. The van der Waals surface area contributed by atoms with Gasteiger partial charge >= 0.3 is 5.97 Å². The second kappa shape index (κ2) is 9.14. The lowest BCUT2D eigenvalue weighted by Crippen LogP contribution is -2.64.